The van der Waals surface area contributed by atoms with Gasteiger partial charge in [-0.15, -0.1) is 11.3 Å². The van der Waals surface area contributed by atoms with E-state index >= 15 is 0 Å². The highest BCUT2D eigenvalue weighted by Crippen LogP contribution is 2.26. The zero-order valence-corrected chi connectivity index (χ0v) is 11.5. The molecule has 0 N–H and O–H groups in total. The normalized spacial score (nSPS) is 22.2. The number of thiazole rings is 1. The summed E-state index contributed by atoms with van der Waals surface area (Å²) in [4.78, 5) is 7.00. The predicted molar refractivity (Wildman–Crippen MR) is 68.2 cm³/mol. The minimum Gasteiger partial charge on any atom is -0.378 e. The Morgan fingerprint density at radius 3 is 3.18 bits per heavy atom. The average molecular weight is 256 g/mol. The molecule has 4 nitrogen and oxygen atoms in total. The van der Waals surface area contributed by atoms with Crippen molar-refractivity contribution in [1.82, 2.24) is 9.88 Å². The molecule has 1 fully saturated rings. The molecule has 0 spiro atoms. The Balaban J connectivity index is 2.00. The highest BCUT2D eigenvalue weighted by molar-refractivity contribution is 7.09. The summed E-state index contributed by atoms with van der Waals surface area (Å²) in [7, 11) is 1.69. The third-order valence-electron chi connectivity index (χ3n) is 2.97. The molecule has 0 bridgehead atoms. The Kier molecular flexibility index (Phi) is 4.50. The molecule has 1 aromatic heterocycles. The first-order valence-corrected chi connectivity index (χ1v) is 6.87. The molecule has 1 atom stereocenters. The summed E-state index contributed by atoms with van der Waals surface area (Å²) in [6, 6.07) is 0.569. The molecule has 1 aliphatic heterocycles. The van der Waals surface area contributed by atoms with Crippen LogP contribution in [-0.2, 0) is 16.1 Å². The second-order valence-corrected chi connectivity index (χ2v) is 5.45. The van der Waals surface area contributed by atoms with E-state index in [0.717, 1.165) is 30.4 Å². The Labute approximate surface area is 107 Å². The number of nitrogens with zero attached hydrogens (tertiary/aromatic N) is 2. The molecule has 1 unspecified atom stereocenters. The molecule has 96 valence electrons. The van der Waals surface area contributed by atoms with Crippen LogP contribution in [0.4, 0.5) is 0 Å². The van der Waals surface area contributed by atoms with Crippen LogP contribution < -0.4 is 0 Å². The number of hydrogen-bond donors (Lipinski definition) is 0. The number of morpholine rings is 1. The summed E-state index contributed by atoms with van der Waals surface area (Å²) >= 11 is 1.67. The zero-order chi connectivity index (χ0) is 12.3. The van der Waals surface area contributed by atoms with Crippen molar-refractivity contribution in [2.24, 2.45) is 0 Å². The first-order chi connectivity index (χ1) is 8.20. The van der Waals surface area contributed by atoms with Gasteiger partial charge in [-0.05, 0) is 13.8 Å². The molecule has 0 saturated carbocycles. The number of ether oxygens (including phenoxy) is 2. The second kappa shape index (κ2) is 5.91. The number of aromatic nitrogens is 1. The van der Waals surface area contributed by atoms with Crippen molar-refractivity contribution in [2.45, 2.75) is 32.6 Å². The van der Waals surface area contributed by atoms with E-state index in [1.54, 1.807) is 18.4 Å². The van der Waals surface area contributed by atoms with Gasteiger partial charge in [0.25, 0.3) is 0 Å². The molecule has 1 saturated heterocycles. The summed E-state index contributed by atoms with van der Waals surface area (Å²) in [6.45, 7) is 7.78. The lowest BCUT2D eigenvalue weighted by atomic mass is 10.2. The van der Waals surface area contributed by atoms with Crippen LogP contribution in [0.25, 0.3) is 0 Å². The lowest BCUT2D eigenvalue weighted by molar-refractivity contribution is -0.0403. The highest BCUT2D eigenvalue weighted by atomic mass is 32.1. The smallest absolute Gasteiger partial charge is 0.123 e. The first-order valence-electron chi connectivity index (χ1n) is 5.99. The van der Waals surface area contributed by atoms with Gasteiger partial charge in [0.15, 0.2) is 0 Å². The summed E-state index contributed by atoms with van der Waals surface area (Å²) < 4.78 is 10.9. The standard InChI is InChI=1S/C12H20N2O2S/c1-9(2)14-4-5-16-11(6-14)12-13-10(7-15-3)8-17-12/h8-9,11H,4-7H2,1-3H3. The van der Waals surface area contributed by atoms with E-state index in [4.69, 9.17) is 9.47 Å². The van der Waals surface area contributed by atoms with Crippen LogP contribution in [0, 0.1) is 0 Å². The largest absolute Gasteiger partial charge is 0.378 e. The second-order valence-electron chi connectivity index (χ2n) is 4.56. The van der Waals surface area contributed by atoms with E-state index in [9.17, 15) is 0 Å². The van der Waals surface area contributed by atoms with Crippen LogP contribution in [-0.4, -0.2) is 42.7 Å². The van der Waals surface area contributed by atoms with Crippen molar-refractivity contribution in [2.75, 3.05) is 26.8 Å². The van der Waals surface area contributed by atoms with Gasteiger partial charge in [0.05, 0.1) is 18.9 Å². The molecule has 0 radical (unpaired) electrons. The third-order valence-corrected chi connectivity index (χ3v) is 3.95. The maximum atomic E-state index is 5.80. The predicted octanol–water partition coefficient (Wildman–Crippen LogP) is 2.07. The van der Waals surface area contributed by atoms with Crippen LogP contribution in [0.2, 0.25) is 0 Å². The van der Waals surface area contributed by atoms with Gasteiger partial charge >= 0.3 is 0 Å². The molecular formula is C12H20N2O2S. The van der Waals surface area contributed by atoms with Crippen molar-refractivity contribution < 1.29 is 9.47 Å². The number of rotatable bonds is 4. The van der Waals surface area contributed by atoms with Crippen LogP contribution in [0.15, 0.2) is 5.38 Å². The van der Waals surface area contributed by atoms with Crippen LogP contribution >= 0.6 is 11.3 Å². The van der Waals surface area contributed by atoms with E-state index in [-0.39, 0.29) is 6.10 Å². The van der Waals surface area contributed by atoms with Crippen molar-refractivity contribution in [3.63, 3.8) is 0 Å². The van der Waals surface area contributed by atoms with E-state index in [2.05, 4.69) is 29.1 Å². The molecule has 0 aliphatic carbocycles. The van der Waals surface area contributed by atoms with Crippen molar-refractivity contribution in [3.8, 4) is 0 Å². The summed E-state index contributed by atoms with van der Waals surface area (Å²) in [5.74, 6) is 0. The average Bonchev–Trinajstić information content (AvgIpc) is 2.78. The Bertz CT molecular complexity index is 354. The lowest BCUT2D eigenvalue weighted by Crippen LogP contribution is -2.42. The zero-order valence-electron chi connectivity index (χ0n) is 10.7. The topological polar surface area (TPSA) is 34.6 Å². The molecule has 2 heterocycles. The van der Waals surface area contributed by atoms with Crippen LogP contribution in [0.5, 0.6) is 0 Å². The summed E-state index contributed by atoms with van der Waals surface area (Å²) in [5, 5.41) is 3.12. The number of methoxy groups -OCH3 is 1. The van der Waals surface area contributed by atoms with Gasteiger partial charge in [-0.1, -0.05) is 0 Å². The summed E-state index contributed by atoms with van der Waals surface area (Å²) in [5.41, 5.74) is 0.998. The molecule has 0 amide bonds. The van der Waals surface area contributed by atoms with Gasteiger partial charge in [0.2, 0.25) is 0 Å². The van der Waals surface area contributed by atoms with Gasteiger partial charge in [0, 0.05) is 31.6 Å². The van der Waals surface area contributed by atoms with Gasteiger partial charge in [-0.3, -0.25) is 4.90 Å². The van der Waals surface area contributed by atoms with Gasteiger partial charge < -0.3 is 9.47 Å². The van der Waals surface area contributed by atoms with Crippen molar-refractivity contribution in [1.29, 1.82) is 0 Å². The van der Waals surface area contributed by atoms with Gasteiger partial charge in [-0.2, -0.15) is 0 Å². The quantitative estimate of drug-likeness (QED) is 0.826. The SMILES string of the molecule is COCc1csc(C2CN(C(C)C)CCO2)n1. The van der Waals surface area contributed by atoms with Crippen molar-refractivity contribution >= 4 is 11.3 Å². The van der Waals surface area contributed by atoms with E-state index < -0.39 is 0 Å². The molecule has 5 heteroatoms. The molecule has 0 aromatic carbocycles. The van der Waals surface area contributed by atoms with Crippen molar-refractivity contribution in [3.05, 3.63) is 16.1 Å². The maximum Gasteiger partial charge on any atom is 0.123 e. The number of hydrogen-bond acceptors (Lipinski definition) is 5. The van der Waals surface area contributed by atoms with E-state index in [0.29, 0.717) is 12.6 Å². The van der Waals surface area contributed by atoms with Gasteiger partial charge in [-0.25, -0.2) is 4.98 Å². The minimum absolute atomic E-state index is 0.127. The Morgan fingerprint density at radius 1 is 1.65 bits per heavy atom. The molecular weight excluding hydrogens is 236 g/mol. The molecule has 17 heavy (non-hydrogen) atoms. The van der Waals surface area contributed by atoms with E-state index in [1.165, 1.54) is 0 Å². The molecule has 1 aliphatic rings. The van der Waals surface area contributed by atoms with Crippen LogP contribution in [0.1, 0.15) is 30.7 Å². The van der Waals surface area contributed by atoms with Crippen LogP contribution in [0.3, 0.4) is 0 Å². The Morgan fingerprint density at radius 2 is 2.47 bits per heavy atom. The maximum absolute atomic E-state index is 5.80. The lowest BCUT2D eigenvalue weighted by Gasteiger charge is -2.34. The Hall–Kier alpha value is -0.490. The monoisotopic (exact) mass is 256 g/mol. The molecule has 1 aromatic rings. The fourth-order valence-corrected chi connectivity index (χ4v) is 2.81. The first kappa shape index (κ1) is 13.0. The summed E-state index contributed by atoms with van der Waals surface area (Å²) in [6.07, 6.45) is 0.127. The third kappa shape index (κ3) is 3.25. The fourth-order valence-electron chi connectivity index (χ4n) is 1.97. The molecule has 2 rings (SSSR count). The minimum atomic E-state index is 0.127. The highest BCUT2D eigenvalue weighted by Gasteiger charge is 2.25. The van der Waals surface area contributed by atoms with E-state index in [1.807, 2.05) is 0 Å². The fraction of sp³-hybridized carbons (Fsp3) is 0.750. The van der Waals surface area contributed by atoms with Gasteiger partial charge in [0.1, 0.15) is 11.1 Å².